The standard InChI is InChI=1S/C22H24N4O/c1-3-4-15-26(2)20-16-19(22(27)23-18-13-9-6-10-14-18)24-21(25-20)17-11-7-5-8-12-17/h5-14,16H,3-4,15H2,1-2H3,(H,23,27). The maximum Gasteiger partial charge on any atom is 0.274 e. The fraction of sp³-hybridized carbons (Fsp3) is 0.227. The number of unbranched alkanes of at least 4 members (excludes halogenated alkanes) is 1. The summed E-state index contributed by atoms with van der Waals surface area (Å²) in [6, 6.07) is 20.9. The van der Waals surface area contributed by atoms with Crippen molar-refractivity contribution in [3.05, 3.63) is 72.4 Å². The first-order chi connectivity index (χ1) is 13.2. The van der Waals surface area contributed by atoms with E-state index in [4.69, 9.17) is 0 Å². The van der Waals surface area contributed by atoms with Gasteiger partial charge in [-0.2, -0.15) is 0 Å². The number of para-hydroxylation sites is 1. The van der Waals surface area contributed by atoms with Gasteiger partial charge >= 0.3 is 0 Å². The molecule has 1 amide bonds. The van der Waals surface area contributed by atoms with Gasteiger partial charge in [0.25, 0.3) is 5.91 Å². The van der Waals surface area contributed by atoms with Crippen molar-refractivity contribution < 1.29 is 4.79 Å². The van der Waals surface area contributed by atoms with Gasteiger partial charge in [0.05, 0.1) is 0 Å². The molecule has 0 aliphatic rings. The van der Waals surface area contributed by atoms with Gasteiger partial charge in [-0.05, 0) is 18.6 Å². The van der Waals surface area contributed by atoms with Crippen molar-refractivity contribution in [2.45, 2.75) is 19.8 Å². The molecule has 1 aromatic heterocycles. The Bertz CT molecular complexity index is 881. The van der Waals surface area contributed by atoms with E-state index in [9.17, 15) is 4.79 Å². The summed E-state index contributed by atoms with van der Waals surface area (Å²) < 4.78 is 0. The molecule has 0 fully saturated rings. The van der Waals surface area contributed by atoms with Gasteiger partial charge in [0.1, 0.15) is 11.5 Å². The summed E-state index contributed by atoms with van der Waals surface area (Å²) in [6.07, 6.45) is 2.16. The molecule has 0 saturated heterocycles. The van der Waals surface area contributed by atoms with E-state index >= 15 is 0 Å². The fourth-order valence-corrected chi connectivity index (χ4v) is 2.69. The molecule has 5 nitrogen and oxygen atoms in total. The second kappa shape index (κ2) is 8.94. The van der Waals surface area contributed by atoms with E-state index in [-0.39, 0.29) is 5.91 Å². The van der Waals surface area contributed by atoms with Crippen LogP contribution in [0.1, 0.15) is 30.3 Å². The predicted molar refractivity (Wildman–Crippen MR) is 110 cm³/mol. The van der Waals surface area contributed by atoms with Crippen LogP contribution in [0.3, 0.4) is 0 Å². The third-order valence-corrected chi connectivity index (χ3v) is 4.25. The van der Waals surface area contributed by atoms with E-state index in [2.05, 4.69) is 27.1 Å². The molecule has 0 aliphatic heterocycles. The first-order valence-corrected chi connectivity index (χ1v) is 9.19. The van der Waals surface area contributed by atoms with Crippen LogP contribution in [0.5, 0.6) is 0 Å². The van der Waals surface area contributed by atoms with E-state index in [0.29, 0.717) is 11.5 Å². The average Bonchev–Trinajstić information content (AvgIpc) is 2.73. The van der Waals surface area contributed by atoms with Crippen molar-refractivity contribution >= 4 is 17.4 Å². The molecule has 1 N–H and O–H groups in total. The Hall–Kier alpha value is -3.21. The number of carbonyl (C=O) groups is 1. The lowest BCUT2D eigenvalue weighted by Crippen LogP contribution is -2.22. The number of benzene rings is 2. The molecule has 3 rings (SSSR count). The Kier molecular flexibility index (Phi) is 6.15. The minimum Gasteiger partial charge on any atom is -0.360 e. The topological polar surface area (TPSA) is 58.1 Å². The lowest BCUT2D eigenvalue weighted by molar-refractivity contribution is 0.102. The zero-order valence-corrected chi connectivity index (χ0v) is 15.7. The minimum absolute atomic E-state index is 0.245. The Morgan fingerprint density at radius 3 is 2.33 bits per heavy atom. The van der Waals surface area contributed by atoms with Gasteiger partial charge in [-0.3, -0.25) is 4.79 Å². The van der Waals surface area contributed by atoms with Crippen LogP contribution in [0.15, 0.2) is 66.7 Å². The maximum absolute atomic E-state index is 12.8. The average molecular weight is 360 g/mol. The summed E-state index contributed by atoms with van der Waals surface area (Å²) in [4.78, 5) is 24.0. The Labute approximate surface area is 160 Å². The second-order valence-electron chi connectivity index (χ2n) is 6.40. The van der Waals surface area contributed by atoms with Gasteiger partial charge in [-0.1, -0.05) is 61.9 Å². The summed E-state index contributed by atoms with van der Waals surface area (Å²) in [6.45, 7) is 3.03. The quantitative estimate of drug-likeness (QED) is 0.667. The van der Waals surface area contributed by atoms with Gasteiger partial charge < -0.3 is 10.2 Å². The third kappa shape index (κ3) is 4.91. The largest absolute Gasteiger partial charge is 0.360 e. The van der Waals surface area contributed by atoms with Crippen LogP contribution < -0.4 is 10.2 Å². The van der Waals surface area contributed by atoms with Crippen LogP contribution in [0.25, 0.3) is 11.4 Å². The van der Waals surface area contributed by atoms with Gasteiger partial charge in [-0.15, -0.1) is 0 Å². The highest BCUT2D eigenvalue weighted by atomic mass is 16.1. The zero-order valence-electron chi connectivity index (χ0n) is 15.7. The molecular formula is C22H24N4O. The Morgan fingerprint density at radius 1 is 1.00 bits per heavy atom. The predicted octanol–water partition coefficient (Wildman–Crippen LogP) is 4.63. The Balaban J connectivity index is 1.95. The van der Waals surface area contributed by atoms with Gasteiger partial charge in [-0.25, -0.2) is 9.97 Å². The molecule has 0 bridgehead atoms. The number of carbonyl (C=O) groups excluding carboxylic acids is 1. The molecule has 0 radical (unpaired) electrons. The normalized spacial score (nSPS) is 10.4. The first-order valence-electron chi connectivity index (χ1n) is 9.19. The summed E-state index contributed by atoms with van der Waals surface area (Å²) >= 11 is 0. The monoisotopic (exact) mass is 360 g/mol. The first kappa shape index (κ1) is 18.6. The highest BCUT2D eigenvalue weighted by Gasteiger charge is 2.15. The Morgan fingerprint density at radius 2 is 1.67 bits per heavy atom. The lowest BCUT2D eigenvalue weighted by Gasteiger charge is -2.19. The van der Waals surface area contributed by atoms with Crippen LogP contribution in [0.4, 0.5) is 11.5 Å². The lowest BCUT2D eigenvalue weighted by atomic mass is 10.2. The van der Waals surface area contributed by atoms with Crippen LogP contribution >= 0.6 is 0 Å². The van der Waals surface area contributed by atoms with E-state index in [1.165, 1.54) is 0 Å². The van der Waals surface area contributed by atoms with E-state index in [1.54, 1.807) is 6.07 Å². The molecule has 0 spiro atoms. The molecule has 0 unspecified atom stereocenters. The highest BCUT2D eigenvalue weighted by molar-refractivity contribution is 6.03. The van der Waals surface area contributed by atoms with Crippen molar-refractivity contribution in [2.24, 2.45) is 0 Å². The zero-order chi connectivity index (χ0) is 19.1. The van der Waals surface area contributed by atoms with E-state index < -0.39 is 0 Å². The number of nitrogens with one attached hydrogen (secondary N) is 1. The van der Waals surface area contributed by atoms with Crippen LogP contribution in [0.2, 0.25) is 0 Å². The van der Waals surface area contributed by atoms with Crippen molar-refractivity contribution in [3.63, 3.8) is 0 Å². The molecule has 3 aromatic rings. The number of anilines is 2. The maximum atomic E-state index is 12.8. The van der Waals surface area contributed by atoms with Crippen molar-refractivity contribution in [3.8, 4) is 11.4 Å². The van der Waals surface area contributed by atoms with Crippen molar-refractivity contribution in [1.82, 2.24) is 9.97 Å². The molecule has 138 valence electrons. The summed E-state index contributed by atoms with van der Waals surface area (Å²) in [5.74, 6) is 1.05. The van der Waals surface area contributed by atoms with Crippen LogP contribution in [-0.2, 0) is 0 Å². The molecule has 5 heteroatoms. The van der Waals surface area contributed by atoms with Gasteiger partial charge in [0, 0.05) is 30.9 Å². The second-order valence-corrected chi connectivity index (χ2v) is 6.40. The minimum atomic E-state index is -0.245. The summed E-state index contributed by atoms with van der Waals surface area (Å²) in [7, 11) is 1.99. The molecule has 0 saturated carbocycles. The molecular weight excluding hydrogens is 336 g/mol. The van der Waals surface area contributed by atoms with E-state index in [1.807, 2.05) is 67.7 Å². The van der Waals surface area contributed by atoms with Gasteiger partial charge in [0.15, 0.2) is 5.82 Å². The number of hydrogen-bond donors (Lipinski definition) is 1. The number of amides is 1. The molecule has 0 atom stereocenters. The molecule has 27 heavy (non-hydrogen) atoms. The number of aromatic nitrogens is 2. The van der Waals surface area contributed by atoms with Gasteiger partial charge in [0.2, 0.25) is 0 Å². The summed E-state index contributed by atoms with van der Waals surface area (Å²) in [5.41, 5.74) is 1.98. The third-order valence-electron chi connectivity index (χ3n) is 4.25. The SMILES string of the molecule is CCCCN(C)c1cc(C(=O)Nc2ccccc2)nc(-c2ccccc2)n1. The number of nitrogens with zero attached hydrogens (tertiary/aromatic N) is 3. The smallest absolute Gasteiger partial charge is 0.274 e. The fourth-order valence-electron chi connectivity index (χ4n) is 2.69. The van der Waals surface area contributed by atoms with Crippen molar-refractivity contribution in [2.75, 3.05) is 23.8 Å². The highest BCUT2D eigenvalue weighted by Crippen LogP contribution is 2.20. The molecule has 1 heterocycles. The molecule has 2 aromatic carbocycles. The van der Waals surface area contributed by atoms with Crippen LogP contribution in [0, 0.1) is 0 Å². The van der Waals surface area contributed by atoms with Crippen LogP contribution in [-0.4, -0.2) is 29.5 Å². The van der Waals surface area contributed by atoms with Crippen molar-refractivity contribution in [1.29, 1.82) is 0 Å². The summed E-state index contributed by atoms with van der Waals surface area (Å²) in [5, 5.41) is 2.90. The number of hydrogen-bond acceptors (Lipinski definition) is 4. The molecule has 0 aliphatic carbocycles. The number of rotatable bonds is 7. The van der Waals surface area contributed by atoms with E-state index in [0.717, 1.165) is 36.5 Å².